The number of hydrogen-bond donors (Lipinski definition) is 2. The molecule has 3 atom stereocenters. The number of rotatable bonds is 3. The van der Waals surface area contributed by atoms with Crippen molar-refractivity contribution in [2.24, 2.45) is 11.8 Å². The highest BCUT2D eigenvalue weighted by atomic mass is 15.1. The van der Waals surface area contributed by atoms with E-state index in [9.17, 15) is 0 Å². The standard InChI is InChI=1S/C15H26N4/c1-9(2)13-14(16)17-8-18-15(13)19-12-7-5-6-10(3)11(12)4/h8-12H,5-7H2,1-4H3,(H3,16,17,18,19). The first-order chi connectivity index (χ1) is 9.00. The van der Waals surface area contributed by atoms with Gasteiger partial charge in [0.05, 0.1) is 0 Å². The fourth-order valence-electron chi connectivity index (χ4n) is 3.05. The van der Waals surface area contributed by atoms with E-state index in [4.69, 9.17) is 5.73 Å². The first-order valence-corrected chi connectivity index (χ1v) is 7.37. The molecule has 1 aliphatic rings. The smallest absolute Gasteiger partial charge is 0.135 e. The second-order valence-electron chi connectivity index (χ2n) is 6.19. The van der Waals surface area contributed by atoms with Gasteiger partial charge in [0.2, 0.25) is 0 Å². The molecular formula is C15H26N4. The summed E-state index contributed by atoms with van der Waals surface area (Å²) in [6.45, 7) is 8.94. The van der Waals surface area contributed by atoms with Crippen molar-refractivity contribution >= 4 is 11.6 Å². The highest BCUT2D eigenvalue weighted by Gasteiger charge is 2.28. The largest absolute Gasteiger partial charge is 0.383 e. The average molecular weight is 262 g/mol. The fraction of sp³-hybridized carbons (Fsp3) is 0.733. The molecule has 1 aromatic rings. The molecule has 0 saturated heterocycles. The van der Waals surface area contributed by atoms with Crippen LogP contribution in [0.3, 0.4) is 0 Å². The van der Waals surface area contributed by atoms with Gasteiger partial charge in [-0.1, -0.05) is 40.5 Å². The van der Waals surface area contributed by atoms with Crippen LogP contribution in [-0.4, -0.2) is 16.0 Å². The SMILES string of the molecule is CC(C)c1c(N)ncnc1NC1CCCC(C)C1C. The molecule has 0 aliphatic heterocycles. The van der Waals surface area contributed by atoms with Crippen molar-refractivity contribution in [1.82, 2.24) is 9.97 Å². The second kappa shape index (κ2) is 5.76. The molecule has 106 valence electrons. The van der Waals surface area contributed by atoms with E-state index in [0.717, 1.165) is 17.3 Å². The molecule has 4 nitrogen and oxygen atoms in total. The van der Waals surface area contributed by atoms with E-state index in [1.807, 2.05) is 0 Å². The maximum absolute atomic E-state index is 6.00. The zero-order valence-corrected chi connectivity index (χ0v) is 12.5. The third kappa shape index (κ3) is 2.99. The second-order valence-corrected chi connectivity index (χ2v) is 6.19. The Morgan fingerprint density at radius 1 is 1.26 bits per heavy atom. The van der Waals surface area contributed by atoms with Crippen molar-refractivity contribution in [2.45, 2.75) is 58.9 Å². The average Bonchev–Trinajstić information content (AvgIpc) is 2.34. The lowest BCUT2D eigenvalue weighted by molar-refractivity contribution is 0.252. The third-order valence-corrected chi connectivity index (χ3v) is 4.52. The lowest BCUT2D eigenvalue weighted by Gasteiger charge is -2.35. The molecule has 3 N–H and O–H groups in total. The third-order valence-electron chi connectivity index (χ3n) is 4.52. The zero-order chi connectivity index (χ0) is 14.0. The van der Waals surface area contributed by atoms with Crippen LogP contribution >= 0.6 is 0 Å². The summed E-state index contributed by atoms with van der Waals surface area (Å²) in [5.41, 5.74) is 7.05. The van der Waals surface area contributed by atoms with E-state index in [1.54, 1.807) is 6.33 Å². The van der Waals surface area contributed by atoms with Crippen LogP contribution in [0.2, 0.25) is 0 Å². The van der Waals surface area contributed by atoms with E-state index in [1.165, 1.54) is 19.3 Å². The Morgan fingerprint density at radius 2 is 2.00 bits per heavy atom. The molecule has 3 unspecified atom stereocenters. The summed E-state index contributed by atoms with van der Waals surface area (Å²) in [7, 11) is 0. The van der Waals surface area contributed by atoms with E-state index < -0.39 is 0 Å². The minimum atomic E-state index is 0.333. The van der Waals surface area contributed by atoms with Gasteiger partial charge in [-0.25, -0.2) is 9.97 Å². The van der Waals surface area contributed by atoms with Gasteiger partial charge in [-0.2, -0.15) is 0 Å². The van der Waals surface area contributed by atoms with E-state index in [2.05, 4.69) is 43.0 Å². The summed E-state index contributed by atoms with van der Waals surface area (Å²) in [6, 6.07) is 0.496. The van der Waals surface area contributed by atoms with Crippen LogP contribution < -0.4 is 11.1 Å². The fourth-order valence-corrected chi connectivity index (χ4v) is 3.05. The Hall–Kier alpha value is -1.32. The van der Waals surface area contributed by atoms with Crippen molar-refractivity contribution in [1.29, 1.82) is 0 Å². The predicted molar refractivity (Wildman–Crippen MR) is 80.1 cm³/mol. The summed E-state index contributed by atoms with van der Waals surface area (Å²) in [4.78, 5) is 8.53. The number of nitrogen functional groups attached to an aromatic ring is 1. The molecule has 2 rings (SSSR count). The number of nitrogens with one attached hydrogen (secondary N) is 1. The maximum Gasteiger partial charge on any atom is 0.135 e. The normalized spacial score (nSPS) is 27.5. The molecule has 0 bridgehead atoms. The van der Waals surface area contributed by atoms with E-state index in [0.29, 0.717) is 23.7 Å². The van der Waals surface area contributed by atoms with Gasteiger partial charge in [-0.05, 0) is 24.2 Å². The molecule has 1 aromatic heterocycles. The highest BCUT2D eigenvalue weighted by Crippen LogP contribution is 2.33. The van der Waals surface area contributed by atoms with Crippen LogP contribution in [0.5, 0.6) is 0 Å². The molecule has 0 aromatic carbocycles. The van der Waals surface area contributed by atoms with Gasteiger partial charge >= 0.3 is 0 Å². The van der Waals surface area contributed by atoms with Gasteiger partial charge < -0.3 is 11.1 Å². The Labute approximate surface area is 116 Å². The lowest BCUT2D eigenvalue weighted by Crippen LogP contribution is -2.35. The van der Waals surface area contributed by atoms with Crippen molar-refractivity contribution in [3.8, 4) is 0 Å². The van der Waals surface area contributed by atoms with Crippen molar-refractivity contribution < 1.29 is 0 Å². The van der Waals surface area contributed by atoms with Gasteiger partial charge in [0.1, 0.15) is 18.0 Å². The van der Waals surface area contributed by atoms with Gasteiger partial charge in [0.15, 0.2) is 0 Å². The van der Waals surface area contributed by atoms with Crippen LogP contribution in [0.25, 0.3) is 0 Å². The maximum atomic E-state index is 6.00. The number of hydrogen-bond acceptors (Lipinski definition) is 4. The number of anilines is 2. The first-order valence-electron chi connectivity index (χ1n) is 7.37. The van der Waals surface area contributed by atoms with Gasteiger partial charge in [0.25, 0.3) is 0 Å². The summed E-state index contributed by atoms with van der Waals surface area (Å²) in [5, 5.41) is 3.62. The molecule has 19 heavy (non-hydrogen) atoms. The van der Waals surface area contributed by atoms with Gasteiger partial charge in [-0.15, -0.1) is 0 Å². The topological polar surface area (TPSA) is 63.8 Å². The zero-order valence-electron chi connectivity index (χ0n) is 12.5. The van der Waals surface area contributed by atoms with Gasteiger partial charge in [-0.3, -0.25) is 0 Å². The Bertz CT molecular complexity index is 430. The minimum Gasteiger partial charge on any atom is -0.383 e. The molecule has 0 amide bonds. The summed E-state index contributed by atoms with van der Waals surface area (Å²) in [5.74, 6) is 3.30. The van der Waals surface area contributed by atoms with Crippen molar-refractivity contribution in [3.05, 3.63) is 11.9 Å². The highest BCUT2D eigenvalue weighted by molar-refractivity contribution is 5.57. The first kappa shape index (κ1) is 14.1. The molecule has 1 fully saturated rings. The number of nitrogens with two attached hydrogens (primary N) is 1. The van der Waals surface area contributed by atoms with Crippen LogP contribution in [0.4, 0.5) is 11.6 Å². The number of nitrogens with zero attached hydrogens (tertiary/aromatic N) is 2. The van der Waals surface area contributed by atoms with Crippen molar-refractivity contribution in [3.63, 3.8) is 0 Å². The molecule has 1 saturated carbocycles. The van der Waals surface area contributed by atoms with E-state index in [-0.39, 0.29) is 0 Å². The summed E-state index contributed by atoms with van der Waals surface area (Å²) in [6.07, 6.45) is 5.40. The monoisotopic (exact) mass is 262 g/mol. The Balaban J connectivity index is 2.21. The van der Waals surface area contributed by atoms with Gasteiger partial charge in [0, 0.05) is 11.6 Å². The van der Waals surface area contributed by atoms with E-state index >= 15 is 0 Å². The molecule has 0 radical (unpaired) electrons. The predicted octanol–water partition coefficient (Wildman–Crippen LogP) is 3.42. The molecule has 4 heteroatoms. The van der Waals surface area contributed by atoms with Crippen molar-refractivity contribution in [2.75, 3.05) is 11.1 Å². The Morgan fingerprint density at radius 3 is 2.68 bits per heavy atom. The molecular weight excluding hydrogens is 236 g/mol. The van der Waals surface area contributed by atoms with Crippen LogP contribution in [-0.2, 0) is 0 Å². The summed E-state index contributed by atoms with van der Waals surface area (Å²) >= 11 is 0. The van der Waals surface area contributed by atoms with Crippen LogP contribution in [0.15, 0.2) is 6.33 Å². The Kier molecular flexibility index (Phi) is 4.27. The summed E-state index contributed by atoms with van der Waals surface area (Å²) < 4.78 is 0. The molecule has 0 spiro atoms. The lowest BCUT2D eigenvalue weighted by atomic mass is 9.78. The molecule has 1 heterocycles. The quantitative estimate of drug-likeness (QED) is 0.876. The van der Waals surface area contributed by atoms with Crippen LogP contribution in [0.1, 0.15) is 58.4 Å². The van der Waals surface area contributed by atoms with Crippen LogP contribution in [0, 0.1) is 11.8 Å². The minimum absolute atomic E-state index is 0.333. The number of aromatic nitrogens is 2. The molecule has 1 aliphatic carbocycles.